The highest BCUT2D eigenvalue weighted by Crippen LogP contribution is 2.19. The molecule has 0 radical (unpaired) electrons. The van der Waals surface area contributed by atoms with Gasteiger partial charge in [0.05, 0.1) is 33.3 Å². The molecule has 0 aromatic rings. The number of quaternary nitrogens is 1. The molecule has 1 fully saturated rings. The van der Waals surface area contributed by atoms with Crippen molar-refractivity contribution in [2.75, 3.05) is 27.2 Å². The fraction of sp³-hybridized carbons (Fsp3) is 1.00. The third kappa shape index (κ3) is 1.70. The molecule has 1 heterocycles. The fourth-order valence-electron chi connectivity index (χ4n) is 1.76. The summed E-state index contributed by atoms with van der Waals surface area (Å²) in [4.78, 5) is 0. The van der Waals surface area contributed by atoms with Crippen molar-refractivity contribution in [1.82, 2.24) is 0 Å². The van der Waals surface area contributed by atoms with Crippen LogP contribution in [0.15, 0.2) is 0 Å². The van der Waals surface area contributed by atoms with Gasteiger partial charge in [0.2, 0.25) is 0 Å². The van der Waals surface area contributed by atoms with Gasteiger partial charge >= 0.3 is 0 Å². The molecule has 0 spiro atoms. The molecule has 1 saturated heterocycles. The lowest BCUT2D eigenvalue weighted by molar-refractivity contribution is -0.899. The van der Waals surface area contributed by atoms with Crippen LogP contribution < -0.4 is 0 Å². The molecule has 1 N–H and O–H groups in total. The van der Waals surface area contributed by atoms with Gasteiger partial charge in [0, 0.05) is 12.3 Å². The van der Waals surface area contributed by atoms with Gasteiger partial charge in [-0.3, -0.25) is 0 Å². The molecule has 0 aromatic heterocycles. The zero-order chi connectivity index (χ0) is 7.78. The summed E-state index contributed by atoms with van der Waals surface area (Å²) >= 11 is 0. The van der Waals surface area contributed by atoms with Crippen molar-refractivity contribution >= 4 is 0 Å². The highest BCUT2D eigenvalue weighted by molar-refractivity contribution is 4.68. The summed E-state index contributed by atoms with van der Waals surface area (Å²) in [5.41, 5.74) is 0. The lowest BCUT2D eigenvalue weighted by atomic mass is 9.96. The minimum absolute atomic E-state index is 0.0499. The Labute approximate surface area is 63.1 Å². The van der Waals surface area contributed by atoms with E-state index in [2.05, 4.69) is 21.0 Å². The van der Waals surface area contributed by atoms with Gasteiger partial charge in [0.1, 0.15) is 0 Å². The van der Waals surface area contributed by atoms with Crippen LogP contribution in [0.4, 0.5) is 0 Å². The van der Waals surface area contributed by atoms with Crippen molar-refractivity contribution in [2.45, 2.75) is 19.4 Å². The number of hydrogen-bond acceptors (Lipinski definition) is 1. The van der Waals surface area contributed by atoms with Crippen LogP contribution in [0.25, 0.3) is 0 Å². The summed E-state index contributed by atoms with van der Waals surface area (Å²) in [6.07, 6.45) is 0.917. The minimum atomic E-state index is -0.0499. The van der Waals surface area contributed by atoms with Crippen molar-refractivity contribution in [1.29, 1.82) is 0 Å². The topological polar surface area (TPSA) is 20.2 Å². The van der Waals surface area contributed by atoms with E-state index in [4.69, 9.17) is 0 Å². The zero-order valence-corrected chi connectivity index (χ0v) is 7.17. The van der Waals surface area contributed by atoms with Crippen LogP contribution in [-0.4, -0.2) is 42.9 Å². The summed E-state index contributed by atoms with van der Waals surface area (Å²) in [5, 5.41) is 9.40. The lowest BCUT2D eigenvalue weighted by Gasteiger charge is -2.39. The summed E-state index contributed by atoms with van der Waals surface area (Å²) in [7, 11) is 4.45. The Morgan fingerprint density at radius 3 is 2.40 bits per heavy atom. The first-order valence-electron chi connectivity index (χ1n) is 4.01. The summed E-state index contributed by atoms with van der Waals surface area (Å²) < 4.78 is 1.07. The van der Waals surface area contributed by atoms with Crippen molar-refractivity contribution in [3.8, 4) is 0 Å². The Hall–Kier alpha value is -0.0800. The molecule has 60 valence electrons. The third-order valence-corrected chi connectivity index (χ3v) is 2.47. The lowest BCUT2D eigenvalue weighted by Crippen LogP contribution is -2.51. The van der Waals surface area contributed by atoms with Crippen molar-refractivity contribution in [3.05, 3.63) is 0 Å². The standard InChI is InChI=1S/C8H18NO/c1-7-6-9(2,3)5-4-8(7)10/h7-8,10H,4-6H2,1-3H3/q+1. The molecule has 2 heteroatoms. The third-order valence-electron chi connectivity index (χ3n) is 2.47. The molecular formula is C8H18NO+. The molecular weight excluding hydrogens is 126 g/mol. The average Bonchev–Trinajstić information content (AvgIpc) is 1.79. The SMILES string of the molecule is CC1C[N+](C)(C)CCC1O. The normalized spacial score (nSPS) is 39.6. The van der Waals surface area contributed by atoms with Crippen LogP contribution in [0.2, 0.25) is 0 Å². The Balaban J connectivity index is 2.49. The molecule has 1 rings (SSSR count). The highest BCUT2D eigenvalue weighted by atomic mass is 16.3. The monoisotopic (exact) mass is 144 g/mol. The largest absolute Gasteiger partial charge is 0.392 e. The summed E-state index contributed by atoms with van der Waals surface area (Å²) in [6.45, 7) is 4.36. The Bertz CT molecular complexity index is 122. The van der Waals surface area contributed by atoms with Gasteiger partial charge in [-0.05, 0) is 0 Å². The fourth-order valence-corrected chi connectivity index (χ4v) is 1.76. The first-order chi connectivity index (χ1) is 4.51. The van der Waals surface area contributed by atoms with Crippen LogP contribution in [-0.2, 0) is 0 Å². The maximum absolute atomic E-state index is 9.40. The second kappa shape index (κ2) is 2.51. The van der Waals surface area contributed by atoms with Gasteiger partial charge in [-0.15, -0.1) is 0 Å². The van der Waals surface area contributed by atoms with Gasteiger partial charge < -0.3 is 9.59 Å². The Morgan fingerprint density at radius 2 is 2.00 bits per heavy atom. The molecule has 0 bridgehead atoms. The van der Waals surface area contributed by atoms with Gasteiger partial charge in [0.15, 0.2) is 0 Å². The number of aliphatic hydroxyl groups is 1. The van der Waals surface area contributed by atoms with E-state index in [9.17, 15) is 5.11 Å². The molecule has 0 amide bonds. The second-order valence-corrected chi connectivity index (χ2v) is 4.18. The van der Waals surface area contributed by atoms with Gasteiger partial charge in [-0.1, -0.05) is 6.92 Å². The highest BCUT2D eigenvalue weighted by Gasteiger charge is 2.30. The molecule has 2 atom stereocenters. The van der Waals surface area contributed by atoms with E-state index in [1.54, 1.807) is 0 Å². The number of nitrogens with zero attached hydrogens (tertiary/aromatic N) is 1. The quantitative estimate of drug-likeness (QED) is 0.490. The van der Waals surface area contributed by atoms with Crippen molar-refractivity contribution in [2.24, 2.45) is 5.92 Å². The van der Waals surface area contributed by atoms with E-state index in [0.29, 0.717) is 5.92 Å². The van der Waals surface area contributed by atoms with E-state index < -0.39 is 0 Å². The van der Waals surface area contributed by atoms with Crippen molar-refractivity contribution < 1.29 is 9.59 Å². The molecule has 1 aliphatic heterocycles. The predicted octanol–water partition coefficient (Wildman–Crippen LogP) is 0.464. The first-order valence-corrected chi connectivity index (χ1v) is 4.01. The minimum Gasteiger partial charge on any atom is -0.392 e. The zero-order valence-electron chi connectivity index (χ0n) is 7.17. The van der Waals surface area contributed by atoms with Crippen LogP contribution in [0.3, 0.4) is 0 Å². The van der Waals surface area contributed by atoms with Crippen LogP contribution in [0.1, 0.15) is 13.3 Å². The molecule has 0 aromatic carbocycles. The maximum atomic E-state index is 9.40. The number of likely N-dealkylation sites (tertiary alicyclic amines) is 1. The molecule has 0 aliphatic carbocycles. The van der Waals surface area contributed by atoms with E-state index >= 15 is 0 Å². The van der Waals surface area contributed by atoms with E-state index in [1.807, 2.05) is 0 Å². The molecule has 2 unspecified atom stereocenters. The number of piperidine rings is 1. The number of rotatable bonds is 0. The first kappa shape index (κ1) is 8.02. The van der Waals surface area contributed by atoms with Gasteiger partial charge in [0.25, 0.3) is 0 Å². The average molecular weight is 144 g/mol. The number of hydrogen-bond donors (Lipinski definition) is 1. The van der Waals surface area contributed by atoms with Gasteiger partial charge in [-0.2, -0.15) is 0 Å². The van der Waals surface area contributed by atoms with Gasteiger partial charge in [-0.25, -0.2) is 0 Å². The summed E-state index contributed by atoms with van der Waals surface area (Å²) in [6, 6.07) is 0. The maximum Gasteiger partial charge on any atom is 0.0833 e. The molecule has 2 nitrogen and oxygen atoms in total. The van der Waals surface area contributed by atoms with Crippen LogP contribution >= 0.6 is 0 Å². The van der Waals surface area contributed by atoms with E-state index in [1.165, 1.54) is 0 Å². The molecule has 1 aliphatic rings. The molecule has 10 heavy (non-hydrogen) atoms. The Kier molecular flexibility index (Phi) is 2.02. The van der Waals surface area contributed by atoms with Crippen molar-refractivity contribution in [3.63, 3.8) is 0 Å². The molecule has 0 saturated carbocycles. The second-order valence-electron chi connectivity index (χ2n) is 4.18. The number of aliphatic hydroxyl groups excluding tert-OH is 1. The predicted molar refractivity (Wildman–Crippen MR) is 41.6 cm³/mol. The Morgan fingerprint density at radius 1 is 1.40 bits per heavy atom. The smallest absolute Gasteiger partial charge is 0.0833 e. The van der Waals surface area contributed by atoms with Crippen LogP contribution in [0, 0.1) is 5.92 Å². The summed E-state index contributed by atoms with van der Waals surface area (Å²) in [5.74, 6) is 0.476. The van der Waals surface area contributed by atoms with Crippen LogP contribution in [0.5, 0.6) is 0 Å². The van der Waals surface area contributed by atoms with E-state index in [-0.39, 0.29) is 6.10 Å². The van der Waals surface area contributed by atoms with E-state index in [0.717, 1.165) is 24.0 Å².